The average Bonchev–Trinajstić information content (AvgIpc) is 2.17. The van der Waals surface area contributed by atoms with Crippen molar-refractivity contribution in [2.75, 3.05) is 23.9 Å². The van der Waals surface area contributed by atoms with Crippen LogP contribution in [0.25, 0.3) is 0 Å². The molecule has 0 radical (unpaired) electrons. The smallest absolute Gasteiger partial charge is 0.125 e. The van der Waals surface area contributed by atoms with Crippen molar-refractivity contribution >= 4 is 17.6 Å². The van der Waals surface area contributed by atoms with Crippen LogP contribution in [0.3, 0.4) is 0 Å². The van der Waals surface area contributed by atoms with Crippen molar-refractivity contribution in [1.82, 2.24) is 4.98 Å². The molecule has 0 unspecified atom stereocenters. The molecule has 1 heterocycles. The number of thioether (sulfide) groups is 1. The number of rotatable bonds is 5. The number of aliphatic hydroxyl groups is 1. The van der Waals surface area contributed by atoms with Gasteiger partial charge in [-0.3, -0.25) is 0 Å². The van der Waals surface area contributed by atoms with Crippen molar-refractivity contribution in [3.8, 4) is 0 Å². The molecule has 1 atom stereocenters. The Morgan fingerprint density at radius 1 is 1.57 bits per heavy atom. The minimum atomic E-state index is -0.684. The van der Waals surface area contributed by atoms with E-state index in [2.05, 4.69) is 10.3 Å². The zero-order valence-corrected chi connectivity index (χ0v) is 9.34. The first-order valence-electron chi connectivity index (χ1n) is 4.50. The summed E-state index contributed by atoms with van der Waals surface area (Å²) in [6.07, 6.45) is 3.71. The van der Waals surface area contributed by atoms with E-state index in [0.717, 1.165) is 5.82 Å². The summed E-state index contributed by atoms with van der Waals surface area (Å²) in [5.41, 5.74) is -0.684. The second-order valence-electron chi connectivity index (χ2n) is 3.50. The quantitative estimate of drug-likeness (QED) is 0.778. The number of aromatic nitrogens is 1. The zero-order valence-electron chi connectivity index (χ0n) is 8.53. The molecule has 1 rings (SSSR count). The molecule has 14 heavy (non-hydrogen) atoms. The molecule has 0 bridgehead atoms. The minimum Gasteiger partial charge on any atom is -0.387 e. The van der Waals surface area contributed by atoms with Crippen molar-refractivity contribution < 1.29 is 5.11 Å². The minimum absolute atomic E-state index is 0.519. The summed E-state index contributed by atoms with van der Waals surface area (Å²) in [6.45, 7) is 2.34. The normalized spacial score (nSPS) is 14.8. The average molecular weight is 212 g/mol. The standard InChI is InChI=1S/C10H16N2OS/c1-10(13,8-14-2)7-12-9-5-3-4-6-11-9/h3-6,13H,7-8H2,1-2H3,(H,11,12)/t10-/m1/s1. The van der Waals surface area contributed by atoms with Crippen LogP contribution in [0.4, 0.5) is 5.82 Å². The molecule has 0 amide bonds. The first-order valence-corrected chi connectivity index (χ1v) is 5.90. The van der Waals surface area contributed by atoms with Crippen LogP contribution in [-0.4, -0.2) is 34.2 Å². The molecule has 1 aromatic rings. The van der Waals surface area contributed by atoms with Gasteiger partial charge in [-0.15, -0.1) is 0 Å². The lowest BCUT2D eigenvalue weighted by atomic mass is 10.1. The molecular formula is C10H16N2OS. The molecule has 0 aliphatic rings. The van der Waals surface area contributed by atoms with Crippen LogP contribution in [0.15, 0.2) is 24.4 Å². The maximum Gasteiger partial charge on any atom is 0.125 e. The maximum absolute atomic E-state index is 9.86. The highest BCUT2D eigenvalue weighted by molar-refractivity contribution is 7.98. The Hall–Kier alpha value is -0.740. The molecule has 0 saturated carbocycles. The molecule has 4 heteroatoms. The number of pyridine rings is 1. The fourth-order valence-electron chi connectivity index (χ4n) is 1.11. The van der Waals surface area contributed by atoms with E-state index in [4.69, 9.17) is 0 Å². The van der Waals surface area contributed by atoms with Crippen molar-refractivity contribution in [2.24, 2.45) is 0 Å². The van der Waals surface area contributed by atoms with Crippen LogP contribution >= 0.6 is 11.8 Å². The molecule has 0 fully saturated rings. The zero-order chi connectivity index (χ0) is 10.4. The third kappa shape index (κ3) is 3.98. The van der Waals surface area contributed by atoms with Gasteiger partial charge >= 0.3 is 0 Å². The molecule has 1 aromatic heterocycles. The fraction of sp³-hybridized carbons (Fsp3) is 0.500. The van der Waals surface area contributed by atoms with Gasteiger partial charge in [0.1, 0.15) is 5.82 Å². The van der Waals surface area contributed by atoms with Gasteiger partial charge in [-0.1, -0.05) is 6.07 Å². The largest absolute Gasteiger partial charge is 0.387 e. The Kier molecular flexibility index (Phi) is 4.22. The van der Waals surface area contributed by atoms with Gasteiger partial charge in [0.25, 0.3) is 0 Å². The fourth-order valence-corrected chi connectivity index (χ4v) is 1.83. The highest BCUT2D eigenvalue weighted by Gasteiger charge is 2.18. The lowest BCUT2D eigenvalue weighted by molar-refractivity contribution is 0.0996. The highest BCUT2D eigenvalue weighted by atomic mass is 32.2. The summed E-state index contributed by atoms with van der Waals surface area (Å²) in [5, 5.41) is 13.0. The van der Waals surface area contributed by atoms with E-state index in [-0.39, 0.29) is 0 Å². The summed E-state index contributed by atoms with van der Waals surface area (Å²) in [7, 11) is 0. The number of anilines is 1. The Bertz CT molecular complexity index is 264. The first-order chi connectivity index (χ1) is 6.64. The lowest BCUT2D eigenvalue weighted by Crippen LogP contribution is -2.36. The Balaban J connectivity index is 2.40. The molecule has 2 N–H and O–H groups in total. The summed E-state index contributed by atoms with van der Waals surface area (Å²) >= 11 is 1.63. The third-order valence-electron chi connectivity index (χ3n) is 1.77. The molecule has 0 aliphatic carbocycles. The van der Waals surface area contributed by atoms with Gasteiger partial charge in [0, 0.05) is 18.5 Å². The molecule has 0 aliphatic heterocycles. The Labute approximate surface area is 88.9 Å². The third-order valence-corrected chi connectivity index (χ3v) is 2.68. The van der Waals surface area contributed by atoms with Crippen molar-refractivity contribution in [3.63, 3.8) is 0 Å². The molecule has 0 saturated heterocycles. The monoisotopic (exact) mass is 212 g/mol. The number of hydrogen-bond acceptors (Lipinski definition) is 4. The van der Waals surface area contributed by atoms with Crippen molar-refractivity contribution in [1.29, 1.82) is 0 Å². The first kappa shape index (κ1) is 11.3. The van der Waals surface area contributed by atoms with Gasteiger partial charge in [0.2, 0.25) is 0 Å². The Morgan fingerprint density at radius 3 is 2.93 bits per heavy atom. The van der Waals surface area contributed by atoms with Crippen LogP contribution in [0.2, 0.25) is 0 Å². The van der Waals surface area contributed by atoms with Crippen LogP contribution in [0.5, 0.6) is 0 Å². The SMILES string of the molecule is CSC[C@](C)(O)CNc1ccccn1. The van der Waals surface area contributed by atoms with Crippen LogP contribution in [0.1, 0.15) is 6.92 Å². The van der Waals surface area contributed by atoms with Gasteiger partial charge < -0.3 is 10.4 Å². The maximum atomic E-state index is 9.86. The van der Waals surface area contributed by atoms with E-state index in [1.54, 1.807) is 18.0 Å². The summed E-state index contributed by atoms with van der Waals surface area (Å²) < 4.78 is 0. The molecule has 78 valence electrons. The van der Waals surface area contributed by atoms with Crippen molar-refractivity contribution in [2.45, 2.75) is 12.5 Å². The highest BCUT2D eigenvalue weighted by Crippen LogP contribution is 2.11. The topological polar surface area (TPSA) is 45.1 Å². The van der Waals surface area contributed by atoms with Crippen molar-refractivity contribution in [3.05, 3.63) is 24.4 Å². The van der Waals surface area contributed by atoms with Gasteiger partial charge in [-0.2, -0.15) is 11.8 Å². The van der Waals surface area contributed by atoms with E-state index in [1.165, 1.54) is 0 Å². The van der Waals surface area contributed by atoms with E-state index in [1.807, 2.05) is 31.4 Å². The number of nitrogens with one attached hydrogen (secondary N) is 1. The van der Waals surface area contributed by atoms with Gasteiger partial charge in [-0.05, 0) is 25.3 Å². The molecule has 3 nitrogen and oxygen atoms in total. The van der Waals surface area contributed by atoms with Crippen LogP contribution in [-0.2, 0) is 0 Å². The number of nitrogens with zero attached hydrogens (tertiary/aromatic N) is 1. The molecular weight excluding hydrogens is 196 g/mol. The van der Waals surface area contributed by atoms with Gasteiger partial charge in [-0.25, -0.2) is 4.98 Å². The second-order valence-corrected chi connectivity index (χ2v) is 4.36. The summed E-state index contributed by atoms with van der Waals surface area (Å²) in [4.78, 5) is 4.11. The molecule has 0 aromatic carbocycles. The van der Waals surface area contributed by atoms with Crippen LogP contribution in [0, 0.1) is 0 Å². The van der Waals surface area contributed by atoms with Crippen LogP contribution < -0.4 is 5.32 Å². The van der Waals surface area contributed by atoms with E-state index in [9.17, 15) is 5.11 Å². The summed E-state index contributed by atoms with van der Waals surface area (Å²) in [5.74, 6) is 1.51. The number of hydrogen-bond donors (Lipinski definition) is 2. The van der Waals surface area contributed by atoms with E-state index in [0.29, 0.717) is 12.3 Å². The predicted octanol–water partition coefficient (Wildman–Crippen LogP) is 1.61. The van der Waals surface area contributed by atoms with E-state index >= 15 is 0 Å². The lowest BCUT2D eigenvalue weighted by Gasteiger charge is -2.22. The second kappa shape index (κ2) is 5.22. The molecule has 0 spiro atoms. The van der Waals surface area contributed by atoms with Gasteiger partial charge in [0.05, 0.1) is 5.60 Å². The summed E-state index contributed by atoms with van der Waals surface area (Å²) in [6, 6.07) is 5.67. The predicted molar refractivity (Wildman–Crippen MR) is 61.7 cm³/mol. The van der Waals surface area contributed by atoms with E-state index < -0.39 is 5.60 Å². The Morgan fingerprint density at radius 2 is 2.36 bits per heavy atom. The van der Waals surface area contributed by atoms with Gasteiger partial charge in [0.15, 0.2) is 0 Å².